The molecule has 1 unspecified atom stereocenters. The molecule has 1 aromatic carbocycles. The van der Waals surface area contributed by atoms with Crippen molar-refractivity contribution in [3.05, 3.63) is 35.4 Å². The second-order valence-corrected chi connectivity index (χ2v) is 6.88. The summed E-state index contributed by atoms with van der Waals surface area (Å²) in [5.74, 6) is 1.08. The Morgan fingerprint density at radius 3 is 2.40 bits per heavy atom. The van der Waals surface area contributed by atoms with E-state index in [0.717, 1.165) is 5.75 Å². The Balaban J connectivity index is 2.42. The highest BCUT2D eigenvalue weighted by Gasteiger charge is 2.17. The van der Waals surface area contributed by atoms with Crippen LogP contribution in [0.15, 0.2) is 24.3 Å². The summed E-state index contributed by atoms with van der Waals surface area (Å²) in [6.45, 7) is 7.74. The largest absolute Gasteiger partial charge is 0.459 e. The fourth-order valence-electron chi connectivity index (χ4n) is 1.78. The van der Waals surface area contributed by atoms with Gasteiger partial charge in [0.05, 0.1) is 5.75 Å². The number of esters is 1. The monoisotopic (exact) mass is 295 g/mol. The quantitative estimate of drug-likeness (QED) is 0.817. The molecule has 20 heavy (non-hydrogen) atoms. The van der Waals surface area contributed by atoms with Crippen molar-refractivity contribution in [3.8, 4) is 0 Å². The first-order valence-corrected chi connectivity index (χ1v) is 8.00. The summed E-state index contributed by atoms with van der Waals surface area (Å²) < 4.78 is 5.29. The normalized spacial score (nSPS) is 13.1. The van der Waals surface area contributed by atoms with Crippen LogP contribution < -0.4 is 5.32 Å². The van der Waals surface area contributed by atoms with Crippen molar-refractivity contribution in [2.24, 2.45) is 0 Å². The molecule has 0 saturated carbocycles. The van der Waals surface area contributed by atoms with Crippen molar-refractivity contribution in [2.45, 2.75) is 39.3 Å². The zero-order valence-corrected chi connectivity index (χ0v) is 13.8. The van der Waals surface area contributed by atoms with Crippen molar-refractivity contribution in [1.29, 1.82) is 0 Å². The molecular weight excluding hydrogens is 270 g/mol. The van der Waals surface area contributed by atoms with E-state index in [9.17, 15) is 4.79 Å². The lowest BCUT2D eigenvalue weighted by Gasteiger charge is -2.20. The zero-order valence-electron chi connectivity index (χ0n) is 13.0. The van der Waals surface area contributed by atoms with Gasteiger partial charge in [0.15, 0.2) is 0 Å². The summed E-state index contributed by atoms with van der Waals surface area (Å²) >= 11 is 1.60. The maximum absolute atomic E-state index is 11.6. The van der Waals surface area contributed by atoms with Crippen LogP contribution in [0.5, 0.6) is 0 Å². The highest BCUT2D eigenvalue weighted by molar-refractivity contribution is 7.99. The van der Waals surface area contributed by atoms with Gasteiger partial charge in [0.25, 0.3) is 0 Å². The Labute approximate surface area is 126 Å². The van der Waals surface area contributed by atoms with Crippen LogP contribution in [0, 0.1) is 6.92 Å². The topological polar surface area (TPSA) is 38.3 Å². The molecule has 112 valence electrons. The third-order valence-corrected chi connectivity index (χ3v) is 3.76. The Morgan fingerprint density at radius 1 is 1.30 bits per heavy atom. The minimum atomic E-state index is -0.406. The molecule has 0 spiro atoms. The molecule has 1 N–H and O–H groups in total. The van der Waals surface area contributed by atoms with Crippen molar-refractivity contribution in [2.75, 3.05) is 18.6 Å². The summed E-state index contributed by atoms with van der Waals surface area (Å²) in [5.41, 5.74) is 2.09. The van der Waals surface area contributed by atoms with Crippen molar-refractivity contribution >= 4 is 17.7 Å². The fraction of sp³-hybridized carbons (Fsp3) is 0.562. The van der Waals surface area contributed by atoms with Gasteiger partial charge in [0.1, 0.15) is 5.60 Å². The van der Waals surface area contributed by atoms with Gasteiger partial charge in [-0.2, -0.15) is 0 Å². The lowest BCUT2D eigenvalue weighted by atomic mass is 10.1. The molecule has 0 heterocycles. The summed E-state index contributed by atoms with van der Waals surface area (Å²) in [5, 5.41) is 3.29. The molecule has 0 saturated heterocycles. The van der Waals surface area contributed by atoms with Crippen LogP contribution in [-0.4, -0.2) is 30.1 Å². The van der Waals surface area contributed by atoms with E-state index < -0.39 is 5.60 Å². The average molecular weight is 295 g/mol. The third kappa shape index (κ3) is 6.44. The number of rotatable bonds is 6. The molecule has 3 nitrogen and oxygen atoms in total. The summed E-state index contributed by atoms with van der Waals surface area (Å²) in [7, 11) is 1.94. The number of aryl methyl sites for hydroxylation is 1. The van der Waals surface area contributed by atoms with Gasteiger partial charge in [0, 0.05) is 11.8 Å². The van der Waals surface area contributed by atoms with Crippen molar-refractivity contribution in [3.63, 3.8) is 0 Å². The molecule has 0 aliphatic carbocycles. The van der Waals surface area contributed by atoms with Crippen molar-refractivity contribution < 1.29 is 9.53 Å². The lowest BCUT2D eigenvalue weighted by Crippen LogP contribution is -2.25. The first-order chi connectivity index (χ1) is 9.31. The predicted octanol–water partition coefficient (Wildman–Crippen LogP) is 3.33. The molecule has 1 aromatic rings. The van der Waals surface area contributed by atoms with E-state index in [1.165, 1.54) is 11.1 Å². The van der Waals surface area contributed by atoms with Gasteiger partial charge >= 0.3 is 5.97 Å². The minimum Gasteiger partial charge on any atom is -0.459 e. The molecule has 0 radical (unpaired) electrons. The van der Waals surface area contributed by atoms with Crippen LogP contribution >= 0.6 is 11.8 Å². The molecule has 0 bridgehead atoms. The van der Waals surface area contributed by atoms with E-state index in [0.29, 0.717) is 5.75 Å². The molecule has 0 fully saturated rings. The molecule has 1 rings (SSSR count). The number of benzene rings is 1. The van der Waals surface area contributed by atoms with E-state index in [2.05, 4.69) is 36.5 Å². The van der Waals surface area contributed by atoms with Gasteiger partial charge in [-0.1, -0.05) is 29.8 Å². The Kier molecular flexibility index (Phi) is 6.56. The van der Waals surface area contributed by atoms with Crippen LogP contribution in [0.2, 0.25) is 0 Å². The highest BCUT2D eigenvalue weighted by atomic mass is 32.2. The molecule has 1 atom stereocenters. The zero-order chi connectivity index (χ0) is 15.2. The van der Waals surface area contributed by atoms with E-state index in [1.54, 1.807) is 11.8 Å². The lowest BCUT2D eigenvalue weighted by molar-refractivity contribution is -0.151. The SMILES string of the molecule is CNC(CSCC(=O)OC(C)(C)C)c1ccc(C)cc1. The van der Waals surface area contributed by atoms with Gasteiger partial charge in [0.2, 0.25) is 0 Å². The highest BCUT2D eigenvalue weighted by Crippen LogP contribution is 2.19. The van der Waals surface area contributed by atoms with E-state index in [-0.39, 0.29) is 12.0 Å². The smallest absolute Gasteiger partial charge is 0.316 e. The molecule has 0 aliphatic rings. The standard InChI is InChI=1S/C16H25NO2S/c1-12-6-8-13(9-7-12)14(17-5)10-20-11-15(18)19-16(2,3)4/h6-9,14,17H,10-11H2,1-5H3. The molecule has 0 aromatic heterocycles. The predicted molar refractivity (Wildman–Crippen MR) is 86.1 cm³/mol. The van der Waals surface area contributed by atoms with Gasteiger partial charge in [-0.15, -0.1) is 11.8 Å². The summed E-state index contributed by atoms with van der Waals surface area (Å²) in [6, 6.07) is 8.73. The van der Waals surface area contributed by atoms with Crippen LogP contribution in [0.1, 0.15) is 37.9 Å². The third-order valence-electron chi connectivity index (χ3n) is 2.75. The minimum absolute atomic E-state index is 0.152. The number of hydrogen-bond acceptors (Lipinski definition) is 4. The second-order valence-electron chi connectivity index (χ2n) is 5.85. The number of carbonyl (C=O) groups is 1. The molecule has 0 amide bonds. The number of carbonyl (C=O) groups excluding carboxylic acids is 1. The van der Waals surface area contributed by atoms with Gasteiger partial charge in [-0.05, 0) is 40.3 Å². The summed E-state index contributed by atoms with van der Waals surface area (Å²) in [4.78, 5) is 11.6. The first-order valence-electron chi connectivity index (χ1n) is 6.85. The van der Waals surface area contributed by atoms with Crippen LogP contribution in [0.4, 0.5) is 0 Å². The van der Waals surface area contributed by atoms with E-state index >= 15 is 0 Å². The molecule has 4 heteroatoms. The van der Waals surface area contributed by atoms with E-state index in [4.69, 9.17) is 4.74 Å². The van der Waals surface area contributed by atoms with Gasteiger partial charge in [-0.25, -0.2) is 0 Å². The maximum atomic E-state index is 11.6. The average Bonchev–Trinajstić information content (AvgIpc) is 2.34. The second kappa shape index (κ2) is 7.70. The fourth-order valence-corrected chi connectivity index (χ4v) is 2.71. The van der Waals surface area contributed by atoms with Crippen molar-refractivity contribution in [1.82, 2.24) is 5.32 Å². The Bertz CT molecular complexity index is 423. The summed E-state index contributed by atoms with van der Waals surface area (Å²) in [6.07, 6.45) is 0. The first kappa shape index (κ1) is 17.1. The van der Waals surface area contributed by atoms with Gasteiger partial charge in [-0.3, -0.25) is 4.79 Å². The molecular formula is C16H25NO2S. The molecule has 0 aliphatic heterocycles. The number of hydrogen-bond donors (Lipinski definition) is 1. The Hall–Kier alpha value is -1.00. The van der Waals surface area contributed by atoms with Gasteiger partial charge < -0.3 is 10.1 Å². The number of thioether (sulfide) groups is 1. The number of nitrogens with one attached hydrogen (secondary N) is 1. The van der Waals surface area contributed by atoms with Crippen LogP contribution in [0.3, 0.4) is 0 Å². The van der Waals surface area contributed by atoms with Crippen LogP contribution in [-0.2, 0) is 9.53 Å². The number of ether oxygens (including phenoxy) is 1. The Morgan fingerprint density at radius 2 is 1.90 bits per heavy atom. The van der Waals surface area contributed by atoms with E-state index in [1.807, 2.05) is 27.8 Å². The maximum Gasteiger partial charge on any atom is 0.316 e. The van der Waals surface area contributed by atoms with Crippen LogP contribution in [0.25, 0.3) is 0 Å².